The Kier molecular flexibility index (Phi) is 4.09. The van der Waals surface area contributed by atoms with E-state index in [1.165, 1.54) is 18.5 Å². The summed E-state index contributed by atoms with van der Waals surface area (Å²) in [5.41, 5.74) is -0.966. The van der Waals surface area contributed by atoms with Crippen LogP contribution in [0.4, 0.5) is 13.2 Å². The second-order valence-electron chi connectivity index (χ2n) is 4.59. The number of rotatable bonds is 3. The van der Waals surface area contributed by atoms with Gasteiger partial charge in [0.25, 0.3) is 0 Å². The topological polar surface area (TPSA) is 86.5 Å². The number of hydrogen-bond acceptors (Lipinski definition) is 6. The number of aromatic nitrogens is 6. The summed E-state index contributed by atoms with van der Waals surface area (Å²) in [6.45, 7) is 0. The van der Waals surface area contributed by atoms with Crippen LogP contribution in [0.1, 0.15) is 5.69 Å². The SMILES string of the molecule is CS(=O)c1nncn1-c1cc(C(F)(F)F)nc(-c2ccccn2)n1. The van der Waals surface area contributed by atoms with E-state index in [2.05, 4.69) is 25.1 Å². The van der Waals surface area contributed by atoms with E-state index in [1.54, 1.807) is 12.1 Å². The van der Waals surface area contributed by atoms with Crippen molar-refractivity contribution in [2.24, 2.45) is 0 Å². The van der Waals surface area contributed by atoms with Gasteiger partial charge >= 0.3 is 6.18 Å². The summed E-state index contributed by atoms with van der Waals surface area (Å²) in [7, 11) is -1.56. The third kappa shape index (κ3) is 3.15. The van der Waals surface area contributed by atoms with Gasteiger partial charge < -0.3 is 0 Å². The standard InChI is InChI=1S/C13H9F3N6OS/c1-24(23)12-21-18-7-22(12)10-6-9(13(14,15)16)19-11(20-10)8-4-2-3-5-17-8/h2-7H,1H3. The maximum absolute atomic E-state index is 13.2. The van der Waals surface area contributed by atoms with E-state index in [1.807, 2.05) is 0 Å². The van der Waals surface area contributed by atoms with Crippen molar-refractivity contribution < 1.29 is 17.4 Å². The van der Waals surface area contributed by atoms with Crippen LogP contribution in [-0.2, 0) is 17.0 Å². The zero-order chi connectivity index (χ0) is 17.3. The van der Waals surface area contributed by atoms with Crippen LogP contribution in [0.5, 0.6) is 0 Å². The van der Waals surface area contributed by atoms with E-state index in [0.717, 1.165) is 17.0 Å². The van der Waals surface area contributed by atoms with Gasteiger partial charge in [-0.25, -0.2) is 9.97 Å². The summed E-state index contributed by atoms with van der Waals surface area (Å²) in [5.74, 6) is -0.352. The van der Waals surface area contributed by atoms with Gasteiger partial charge in [0.15, 0.2) is 11.5 Å². The third-order valence-electron chi connectivity index (χ3n) is 2.92. The highest BCUT2D eigenvalue weighted by Crippen LogP contribution is 2.30. The van der Waals surface area contributed by atoms with Gasteiger partial charge in [0.05, 0.1) is 10.8 Å². The van der Waals surface area contributed by atoms with Crippen LogP contribution in [0.25, 0.3) is 17.3 Å². The lowest BCUT2D eigenvalue weighted by Gasteiger charge is -2.11. The quantitative estimate of drug-likeness (QED) is 0.714. The number of nitrogens with zero attached hydrogens (tertiary/aromatic N) is 6. The van der Waals surface area contributed by atoms with Gasteiger partial charge in [0.2, 0.25) is 5.16 Å². The monoisotopic (exact) mass is 354 g/mol. The lowest BCUT2D eigenvalue weighted by molar-refractivity contribution is -0.141. The summed E-state index contributed by atoms with van der Waals surface area (Å²) in [4.78, 5) is 11.6. The molecule has 0 spiro atoms. The van der Waals surface area contributed by atoms with Gasteiger partial charge in [-0.3, -0.25) is 13.8 Å². The van der Waals surface area contributed by atoms with Gasteiger partial charge in [-0.1, -0.05) is 6.07 Å². The van der Waals surface area contributed by atoms with Crippen LogP contribution in [-0.4, -0.2) is 40.2 Å². The minimum atomic E-state index is -4.68. The molecule has 0 saturated heterocycles. The Labute approximate surface area is 136 Å². The second kappa shape index (κ2) is 6.07. The van der Waals surface area contributed by atoms with Crippen molar-refractivity contribution in [1.82, 2.24) is 29.7 Å². The molecule has 0 aliphatic carbocycles. The molecule has 0 aromatic carbocycles. The summed E-state index contributed by atoms with van der Waals surface area (Å²) in [6.07, 6.45) is -0.780. The number of alkyl halides is 3. The van der Waals surface area contributed by atoms with Crippen molar-refractivity contribution in [3.8, 4) is 17.3 Å². The summed E-state index contributed by atoms with van der Waals surface area (Å²) < 4.78 is 52.2. The molecule has 0 amide bonds. The molecule has 1 atom stereocenters. The van der Waals surface area contributed by atoms with Crippen LogP contribution in [0.15, 0.2) is 41.9 Å². The summed E-state index contributed by atoms with van der Waals surface area (Å²) in [5, 5.41) is 7.20. The van der Waals surface area contributed by atoms with Crippen LogP contribution < -0.4 is 0 Å². The van der Waals surface area contributed by atoms with E-state index < -0.39 is 22.7 Å². The lowest BCUT2D eigenvalue weighted by atomic mass is 10.3. The zero-order valence-electron chi connectivity index (χ0n) is 12.1. The molecule has 7 nitrogen and oxygen atoms in total. The smallest absolute Gasteiger partial charge is 0.258 e. The molecule has 11 heteroatoms. The zero-order valence-corrected chi connectivity index (χ0v) is 12.9. The first-order valence-electron chi connectivity index (χ1n) is 6.48. The van der Waals surface area contributed by atoms with Crippen molar-refractivity contribution in [2.75, 3.05) is 6.26 Å². The molecule has 124 valence electrons. The van der Waals surface area contributed by atoms with E-state index in [0.29, 0.717) is 0 Å². The van der Waals surface area contributed by atoms with Gasteiger partial charge in [-0.2, -0.15) is 13.2 Å². The predicted octanol–water partition coefficient (Wildman–Crippen LogP) is 1.88. The van der Waals surface area contributed by atoms with E-state index in [-0.39, 0.29) is 22.5 Å². The lowest BCUT2D eigenvalue weighted by Crippen LogP contribution is -2.13. The third-order valence-corrected chi connectivity index (χ3v) is 3.71. The van der Waals surface area contributed by atoms with Crippen molar-refractivity contribution in [3.05, 3.63) is 42.5 Å². The van der Waals surface area contributed by atoms with Crippen LogP contribution in [0, 0.1) is 0 Å². The van der Waals surface area contributed by atoms with Gasteiger partial charge in [-0.05, 0) is 12.1 Å². The molecule has 0 aliphatic heterocycles. The fourth-order valence-electron chi connectivity index (χ4n) is 1.89. The summed E-state index contributed by atoms with van der Waals surface area (Å²) >= 11 is 0. The summed E-state index contributed by atoms with van der Waals surface area (Å²) in [6, 6.07) is 5.46. The molecular formula is C13H9F3N6OS. The molecule has 0 aliphatic rings. The highest BCUT2D eigenvalue weighted by atomic mass is 32.2. The predicted molar refractivity (Wildman–Crippen MR) is 77.5 cm³/mol. The molecular weight excluding hydrogens is 345 g/mol. The van der Waals surface area contributed by atoms with Crippen molar-refractivity contribution in [3.63, 3.8) is 0 Å². The maximum Gasteiger partial charge on any atom is 0.433 e. The molecule has 3 aromatic heterocycles. The average Bonchev–Trinajstić information content (AvgIpc) is 3.04. The minimum absolute atomic E-state index is 0.0196. The van der Waals surface area contributed by atoms with Crippen molar-refractivity contribution in [1.29, 1.82) is 0 Å². The van der Waals surface area contributed by atoms with Crippen LogP contribution >= 0.6 is 0 Å². The number of halogens is 3. The van der Waals surface area contributed by atoms with Gasteiger partial charge in [-0.15, -0.1) is 10.2 Å². The van der Waals surface area contributed by atoms with E-state index >= 15 is 0 Å². The molecule has 0 saturated carbocycles. The maximum atomic E-state index is 13.2. The van der Waals surface area contributed by atoms with Crippen molar-refractivity contribution in [2.45, 2.75) is 11.3 Å². The average molecular weight is 354 g/mol. The fourth-order valence-corrected chi connectivity index (χ4v) is 2.47. The van der Waals surface area contributed by atoms with Gasteiger partial charge in [0, 0.05) is 18.5 Å². The molecule has 3 heterocycles. The highest BCUT2D eigenvalue weighted by Gasteiger charge is 2.34. The molecule has 0 radical (unpaired) electrons. The Bertz CT molecular complexity index is 896. The molecule has 1 unspecified atom stereocenters. The minimum Gasteiger partial charge on any atom is -0.258 e. The van der Waals surface area contributed by atoms with Crippen LogP contribution in [0.3, 0.4) is 0 Å². The Hall–Kier alpha value is -2.69. The first-order valence-corrected chi connectivity index (χ1v) is 8.03. The fraction of sp³-hybridized carbons (Fsp3) is 0.154. The Morgan fingerprint density at radius 1 is 1.21 bits per heavy atom. The molecule has 3 rings (SSSR count). The Morgan fingerprint density at radius 2 is 2.00 bits per heavy atom. The van der Waals surface area contributed by atoms with Crippen molar-refractivity contribution >= 4 is 10.8 Å². The second-order valence-corrected chi connectivity index (χ2v) is 5.86. The van der Waals surface area contributed by atoms with E-state index in [9.17, 15) is 17.4 Å². The first kappa shape index (κ1) is 16.2. The number of pyridine rings is 1. The van der Waals surface area contributed by atoms with E-state index in [4.69, 9.17) is 0 Å². The molecule has 24 heavy (non-hydrogen) atoms. The van der Waals surface area contributed by atoms with Gasteiger partial charge in [0.1, 0.15) is 17.8 Å². The Morgan fingerprint density at radius 3 is 2.62 bits per heavy atom. The van der Waals surface area contributed by atoms with Crippen LogP contribution in [0.2, 0.25) is 0 Å². The molecule has 0 N–H and O–H groups in total. The first-order chi connectivity index (χ1) is 11.4. The molecule has 3 aromatic rings. The largest absolute Gasteiger partial charge is 0.433 e. The molecule has 0 fully saturated rings. The highest BCUT2D eigenvalue weighted by molar-refractivity contribution is 7.84. The number of hydrogen-bond donors (Lipinski definition) is 0. The normalized spacial score (nSPS) is 13.0. The Balaban J connectivity index is 2.23. The molecule has 0 bridgehead atoms.